The lowest BCUT2D eigenvalue weighted by molar-refractivity contribution is 0.105. The van der Waals surface area contributed by atoms with Crippen molar-refractivity contribution in [3.8, 4) is 29.3 Å². The highest BCUT2D eigenvalue weighted by molar-refractivity contribution is 7.07. The van der Waals surface area contributed by atoms with Crippen molar-refractivity contribution < 1.29 is 14.3 Å². The summed E-state index contributed by atoms with van der Waals surface area (Å²) in [6.45, 7) is 0.0770. The van der Waals surface area contributed by atoms with E-state index in [1.54, 1.807) is 78.9 Å². The van der Waals surface area contributed by atoms with E-state index in [2.05, 4.69) is 6.07 Å². The molecule has 35 heavy (non-hydrogen) atoms. The number of rotatable bonds is 4. The molecule has 5 rings (SSSR count). The molecular weight excluding hydrogens is 462 g/mol. The van der Waals surface area contributed by atoms with Crippen LogP contribution in [0.3, 0.4) is 0 Å². The summed E-state index contributed by atoms with van der Waals surface area (Å²) in [6, 6.07) is 24.3. The van der Waals surface area contributed by atoms with E-state index < -0.39 is 11.3 Å². The van der Waals surface area contributed by atoms with Gasteiger partial charge >= 0.3 is 0 Å². The first-order valence-electron chi connectivity index (χ1n) is 10.5. The maximum atomic E-state index is 13.7. The number of fused-ring (bicyclic) bond motifs is 1. The van der Waals surface area contributed by atoms with Crippen LogP contribution in [0.2, 0.25) is 0 Å². The van der Waals surface area contributed by atoms with Crippen molar-refractivity contribution in [3.63, 3.8) is 0 Å². The number of para-hydroxylation sites is 2. The third kappa shape index (κ3) is 3.89. The average molecular weight is 478 g/mol. The number of benzene rings is 3. The maximum Gasteiger partial charge on any atom is 0.273 e. The number of nitriles is 2. The van der Waals surface area contributed by atoms with Crippen molar-refractivity contribution in [2.45, 2.75) is 0 Å². The van der Waals surface area contributed by atoms with E-state index in [0.717, 1.165) is 11.3 Å². The van der Waals surface area contributed by atoms with Crippen LogP contribution in [0.15, 0.2) is 77.6 Å². The van der Waals surface area contributed by atoms with E-state index in [1.807, 2.05) is 6.07 Å². The van der Waals surface area contributed by atoms with Crippen molar-refractivity contribution in [1.29, 1.82) is 10.5 Å². The van der Waals surface area contributed by atoms with E-state index in [9.17, 15) is 20.1 Å². The molecule has 0 bridgehead atoms. The molecule has 4 aromatic rings. The average Bonchev–Trinajstić information content (AvgIpc) is 3.50. The Labute approximate surface area is 203 Å². The summed E-state index contributed by atoms with van der Waals surface area (Å²) in [6.07, 6.45) is 1.64. The Morgan fingerprint density at radius 1 is 0.971 bits per heavy atom. The van der Waals surface area contributed by atoms with E-state index in [0.29, 0.717) is 22.6 Å². The first-order chi connectivity index (χ1) is 17.1. The molecule has 168 valence electrons. The third-order valence-electron chi connectivity index (χ3n) is 5.39. The van der Waals surface area contributed by atoms with Gasteiger partial charge in [-0.3, -0.25) is 14.2 Å². The van der Waals surface area contributed by atoms with Gasteiger partial charge in [-0.15, -0.1) is 11.3 Å². The van der Waals surface area contributed by atoms with E-state index in [4.69, 9.17) is 9.47 Å². The molecule has 3 aromatic carbocycles. The predicted octanol–water partition coefficient (Wildman–Crippen LogP) is 2.89. The van der Waals surface area contributed by atoms with Crippen LogP contribution in [-0.4, -0.2) is 17.1 Å². The largest absolute Gasteiger partial charge is 0.454 e. The van der Waals surface area contributed by atoms with Gasteiger partial charge < -0.3 is 9.47 Å². The van der Waals surface area contributed by atoms with Gasteiger partial charge in [0.2, 0.25) is 12.6 Å². The summed E-state index contributed by atoms with van der Waals surface area (Å²) in [5.74, 6) is 0.561. The van der Waals surface area contributed by atoms with Gasteiger partial charge in [0.15, 0.2) is 11.5 Å². The Kier molecular flexibility index (Phi) is 5.72. The van der Waals surface area contributed by atoms with Crippen molar-refractivity contribution in [3.05, 3.63) is 109 Å². The number of Topliss-reactive ketones (excluding diaryl/α,β-unsaturated/α-hetero) is 1. The van der Waals surface area contributed by atoms with Gasteiger partial charge in [0.25, 0.3) is 5.56 Å². The molecule has 0 radical (unpaired) electrons. The second-order valence-electron chi connectivity index (χ2n) is 7.45. The zero-order valence-corrected chi connectivity index (χ0v) is 18.9. The zero-order chi connectivity index (χ0) is 24.4. The summed E-state index contributed by atoms with van der Waals surface area (Å²) in [4.78, 5) is 26.9. The van der Waals surface area contributed by atoms with Gasteiger partial charge in [-0.1, -0.05) is 54.6 Å². The van der Waals surface area contributed by atoms with Gasteiger partial charge in [0, 0.05) is 11.1 Å². The molecule has 0 atom stereocenters. The second kappa shape index (κ2) is 9.14. The normalized spacial score (nSPS) is 13.1. The van der Waals surface area contributed by atoms with Crippen LogP contribution in [0.25, 0.3) is 17.3 Å². The number of ketones is 1. The van der Waals surface area contributed by atoms with Crippen LogP contribution in [0, 0.1) is 22.7 Å². The Hall–Kier alpha value is -4.92. The Bertz CT molecular complexity index is 1740. The minimum atomic E-state index is -0.513. The summed E-state index contributed by atoms with van der Waals surface area (Å²) < 4.78 is 12.6. The van der Waals surface area contributed by atoms with Crippen molar-refractivity contribution in [1.82, 2.24) is 4.57 Å². The van der Waals surface area contributed by atoms with Crippen LogP contribution in [0.4, 0.5) is 0 Å². The molecule has 2 heterocycles. The van der Waals surface area contributed by atoms with Crippen molar-refractivity contribution in [2.75, 3.05) is 6.79 Å². The van der Waals surface area contributed by atoms with Gasteiger partial charge in [0.05, 0.1) is 15.8 Å². The standard InChI is InChI=1S/C27H15N3O4S/c28-14-19-9-4-5-11-21(19)30-26(32)23(13-18-10-6-12-22-25(18)34-16-33-22)35-27(30)20(15-29)24(31)17-7-2-1-3-8-17/h1-13H,16H2/b23-13-,27-20-. The molecule has 0 saturated heterocycles. The second-order valence-corrected chi connectivity index (χ2v) is 8.48. The van der Waals surface area contributed by atoms with Crippen LogP contribution in [0.5, 0.6) is 11.5 Å². The zero-order valence-electron chi connectivity index (χ0n) is 18.1. The quantitative estimate of drug-likeness (QED) is 0.419. The van der Waals surface area contributed by atoms with Crippen LogP contribution in [-0.2, 0) is 0 Å². The monoisotopic (exact) mass is 477 g/mol. The maximum absolute atomic E-state index is 13.7. The minimum absolute atomic E-state index is 0.0770. The molecule has 1 aliphatic heterocycles. The van der Waals surface area contributed by atoms with E-state index >= 15 is 0 Å². The number of carbonyl (C=O) groups is 1. The summed E-state index contributed by atoms with van der Waals surface area (Å²) in [7, 11) is 0. The molecule has 0 spiro atoms. The lowest BCUT2D eigenvalue weighted by Crippen LogP contribution is -2.32. The molecule has 0 amide bonds. The summed E-state index contributed by atoms with van der Waals surface area (Å²) in [5, 5.41) is 19.7. The Balaban J connectivity index is 1.86. The lowest BCUT2D eigenvalue weighted by atomic mass is 10.1. The van der Waals surface area contributed by atoms with E-state index in [1.165, 1.54) is 4.57 Å². The molecule has 1 aromatic heterocycles. The minimum Gasteiger partial charge on any atom is -0.454 e. The van der Waals surface area contributed by atoms with Crippen molar-refractivity contribution in [2.24, 2.45) is 0 Å². The molecule has 8 heteroatoms. The molecule has 7 nitrogen and oxygen atoms in total. The summed E-state index contributed by atoms with van der Waals surface area (Å²) >= 11 is 1.00. The van der Waals surface area contributed by atoms with Gasteiger partial charge in [-0.25, -0.2) is 0 Å². The molecule has 0 aliphatic carbocycles. The Morgan fingerprint density at radius 3 is 2.51 bits per heavy atom. The number of thiazole rings is 1. The third-order valence-corrected chi connectivity index (χ3v) is 6.48. The first-order valence-corrected chi connectivity index (χ1v) is 11.3. The fraction of sp³-hybridized carbons (Fsp3) is 0.0370. The highest BCUT2D eigenvalue weighted by Crippen LogP contribution is 2.35. The predicted molar refractivity (Wildman–Crippen MR) is 130 cm³/mol. The van der Waals surface area contributed by atoms with Gasteiger partial charge in [-0.05, 0) is 24.3 Å². The number of ether oxygens (including phenoxy) is 2. The first kappa shape index (κ1) is 21.9. The van der Waals surface area contributed by atoms with Crippen molar-refractivity contribution >= 4 is 28.8 Å². The lowest BCUT2D eigenvalue weighted by Gasteiger charge is -2.05. The number of nitrogens with zero attached hydrogens (tertiary/aromatic N) is 3. The number of hydrogen-bond acceptors (Lipinski definition) is 7. The molecular formula is C27H15N3O4S. The SMILES string of the molecule is N#C/C(C(=O)c1ccccc1)=c1/s/c(=C\c2cccc3c2OCO3)c(=O)n1-c1ccccc1C#N. The number of aromatic nitrogens is 1. The van der Waals surface area contributed by atoms with Gasteiger partial charge in [0.1, 0.15) is 22.4 Å². The fourth-order valence-corrected chi connectivity index (χ4v) is 4.85. The molecule has 0 fully saturated rings. The number of carbonyl (C=O) groups excluding carboxylic acids is 1. The van der Waals surface area contributed by atoms with Gasteiger partial charge in [-0.2, -0.15) is 10.5 Å². The topological polar surface area (TPSA) is 105 Å². The molecule has 0 N–H and O–H groups in total. The van der Waals surface area contributed by atoms with E-state index in [-0.39, 0.29) is 32.8 Å². The highest BCUT2D eigenvalue weighted by atomic mass is 32.1. The fourth-order valence-electron chi connectivity index (χ4n) is 3.77. The molecule has 1 aliphatic rings. The van der Waals surface area contributed by atoms with Crippen LogP contribution < -0.4 is 24.2 Å². The smallest absolute Gasteiger partial charge is 0.273 e. The summed E-state index contributed by atoms with van der Waals surface area (Å²) in [5.41, 5.74) is 0.821. The Morgan fingerprint density at radius 2 is 1.74 bits per heavy atom. The van der Waals surface area contributed by atoms with Crippen LogP contribution >= 0.6 is 11.3 Å². The highest BCUT2D eigenvalue weighted by Gasteiger charge is 2.21. The van der Waals surface area contributed by atoms with Crippen LogP contribution in [0.1, 0.15) is 21.5 Å². The number of hydrogen-bond donors (Lipinski definition) is 0. The molecule has 0 unspecified atom stereocenters. The molecule has 0 saturated carbocycles.